The number of pyridine rings is 1. The van der Waals surface area contributed by atoms with Crippen molar-refractivity contribution in [3.63, 3.8) is 0 Å². The molecular formula is C28H28F2N8O2S. The number of thiophene rings is 1. The molecule has 0 saturated carbocycles. The van der Waals surface area contributed by atoms with Gasteiger partial charge in [-0.1, -0.05) is 0 Å². The summed E-state index contributed by atoms with van der Waals surface area (Å²) in [6.07, 6.45) is 3.57. The number of nitrogens with two attached hydrogens (primary N) is 1. The Bertz CT molecular complexity index is 1740. The average molecular weight is 579 g/mol. The second-order valence-electron chi connectivity index (χ2n) is 10.9. The van der Waals surface area contributed by atoms with Crippen molar-refractivity contribution in [2.75, 3.05) is 57.0 Å². The summed E-state index contributed by atoms with van der Waals surface area (Å²) < 4.78 is 37.2. The van der Waals surface area contributed by atoms with Crippen molar-refractivity contribution in [2.45, 2.75) is 31.7 Å². The lowest BCUT2D eigenvalue weighted by Crippen LogP contribution is -2.57. The average Bonchev–Trinajstić information content (AvgIpc) is 3.73. The third-order valence-corrected chi connectivity index (χ3v) is 9.62. The van der Waals surface area contributed by atoms with Crippen molar-refractivity contribution in [1.29, 1.82) is 5.26 Å². The molecule has 2 saturated heterocycles. The van der Waals surface area contributed by atoms with E-state index in [1.807, 2.05) is 6.07 Å². The molecule has 0 spiro atoms. The van der Waals surface area contributed by atoms with Crippen LogP contribution in [-0.4, -0.2) is 88.3 Å². The molecule has 7 rings (SSSR count). The van der Waals surface area contributed by atoms with E-state index in [0.717, 1.165) is 49.2 Å². The summed E-state index contributed by atoms with van der Waals surface area (Å²) in [4.78, 5) is 20.3. The maximum atomic E-state index is 16.6. The van der Waals surface area contributed by atoms with Crippen LogP contribution in [0.4, 0.5) is 19.7 Å². The van der Waals surface area contributed by atoms with Gasteiger partial charge in [-0.3, -0.25) is 9.88 Å². The number of nitrogens with zero attached hydrogens (tertiary/aromatic N) is 7. The van der Waals surface area contributed by atoms with Crippen LogP contribution in [0.15, 0.2) is 12.4 Å². The van der Waals surface area contributed by atoms with Crippen LogP contribution in [0.3, 0.4) is 0 Å². The van der Waals surface area contributed by atoms with Gasteiger partial charge < -0.3 is 25.4 Å². The van der Waals surface area contributed by atoms with E-state index < -0.39 is 11.6 Å². The molecule has 0 unspecified atom stereocenters. The number of nitrogen functional groups attached to an aromatic ring is 1. The molecule has 10 nitrogen and oxygen atoms in total. The van der Waals surface area contributed by atoms with Gasteiger partial charge in [0.25, 0.3) is 0 Å². The summed E-state index contributed by atoms with van der Waals surface area (Å²) in [6.45, 7) is 4.51. The highest BCUT2D eigenvalue weighted by atomic mass is 32.1. The lowest BCUT2D eigenvalue weighted by molar-refractivity contribution is 0.0266. The number of likely N-dealkylation sites (N-methyl/N-ethyl adjacent to an activating group) is 1. The Morgan fingerprint density at radius 2 is 2.00 bits per heavy atom. The van der Waals surface area contributed by atoms with Gasteiger partial charge in [-0.2, -0.15) is 5.26 Å². The Kier molecular flexibility index (Phi) is 6.48. The molecule has 0 bridgehead atoms. The fourth-order valence-corrected chi connectivity index (χ4v) is 7.47. The van der Waals surface area contributed by atoms with Crippen LogP contribution in [0.1, 0.15) is 23.1 Å². The van der Waals surface area contributed by atoms with Gasteiger partial charge in [-0.25, -0.2) is 18.7 Å². The van der Waals surface area contributed by atoms with Gasteiger partial charge >= 0.3 is 0 Å². The monoisotopic (exact) mass is 578 g/mol. The maximum absolute atomic E-state index is 16.6. The first-order chi connectivity index (χ1) is 19.9. The van der Waals surface area contributed by atoms with E-state index >= 15 is 4.39 Å². The number of hydrogen-bond acceptors (Lipinski definition) is 11. The van der Waals surface area contributed by atoms with E-state index in [1.54, 1.807) is 6.20 Å². The highest BCUT2D eigenvalue weighted by Gasteiger charge is 2.36. The lowest BCUT2D eigenvalue weighted by Gasteiger charge is -2.42. The Morgan fingerprint density at radius 1 is 1.17 bits per heavy atom. The van der Waals surface area contributed by atoms with Crippen molar-refractivity contribution in [1.82, 2.24) is 24.8 Å². The molecule has 3 aliphatic rings. The van der Waals surface area contributed by atoms with Crippen LogP contribution in [0, 0.1) is 23.0 Å². The number of fused-ring (bicyclic) bond motifs is 4. The minimum Gasteiger partial charge on any atom is -0.395 e. The van der Waals surface area contributed by atoms with Crippen molar-refractivity contribution < 1.29 is 18.6 Å². The zero-order chi connectivity index (χ0) is 28.4. The SMILES string of the molecule is CN1CCN([C@@H]2CCN(c3ncc4c5c(c(-c6ncc(F)c7sc(N)c(C#N)c67)c(F)c4n3)COC5)C2)[C@@H](CO)C1. The van der Waals surface area contributed by atoms with E-state index in [1.165, 1.54) is 0 Å². The summed E-state index contributed by atoms with van der Waals surface area (Å²) in [5.41, 5.74) is 7.89. The summed E-state index contributed by atoms with van der Waals surface area (Å²) in [7, 11) is 2.06. The molecular weight excluding hydrogens is 550 g/mol. The molecule has 1 aromatic carbocycles. The van der Waals surface area contributed by atoms with Crippen molar-refractivity contribution in [2.24, 2.45) is 0 Å². The largest absolute Gasteiger partial charge is 0.395 e. The number of anilines is 2. The number of hydrogen-bond donors (Lipinski definition) is 2. The van der Waals surface area contributed by atoms with Crippen molar-refractivity contribution in [3.8, 4) is 17.3 Å². The molecule has 0 amide bonds. The Balaban J connectivity index is 1.32. The van der Waals surface area contributed by atoms with E-state index in [9.17, 15) is 14.8 Å². The third-order valence-electron chi connectivity index (χ3n) is 8.59. The van der Waals surface area contributed by atoms with Gasteiger partial charge in [-0.05, 0) is 24.6 Å². The number of halogens is 2. The Hall–Kier alpha value is -3.54. The summed E-state index contributed by atoms with van der Waals surface area (Å²) >= 11 is 0.946. The molecule has 4 aromatic rings. The topological polar surface area (TPSA) is 128 Å². The van der Waals surface area contributed by atoms with Gasteiger partial charge in [-0.15, -0.1) is 11.3 Å². The van der Waals surface area contributed by atoms with Crippen LogP contribution in [0.25, 0.3) is 32.2 Å². The van der Waals surface area contributed by atoms with Gasteiger partial charge in [0.1, 0.15) is 16.6 Å². The van der Waals surface area contributed by atoms with Crippen LogP contribution in [0.5, 0.6) is 0 Å². The van der Waals surface area contributed by atoms with Gasteiger partial charge in [0.2, 0.25) is 5.95 Å². The first kappa shape index (κ1) is 26.4. The molecule has 6 heterocycles. The number of benzene rings is 1. The lowest BCUT2D eigenvalue weighted by atomic mass is 9.94. The predicted octanol–water partition coefficient (Wildman–Crippen LogP) is 2.86. The Morgan fingerprint density at radius 3 is 2.80 bits per heavy atom. The van der Waals surface area contributed by atoms with E-state index in [4.69, 9.17) is 15.5 Å². The number of aliphatic hydroxyl groups is 1. The van der Waals surface area contributed by atoms with Crippen molar-refractivity contribution >= 4 is 43.3 Å². The number of ether oxygens (including phenoxy) is 1. The molecule has 2 atom stereocenters. The highest BCUT2D eigenvalue weighted by Crippen LogP contribution is 2.45. The predicted molar refractivity (Wildman–Crippen MR) is 151 cm³/mol. The van der Waals surface area contributed by atoms with E-state index in [-0.39, 0.29) is 69.3 Å². The number of aromatic nitrogens is 3. The third kappa shape index (κ3) is 4.12. The maximum Gasteiger partial charge on any atom is 0.226 e. The zero-order valence-corrected chi connectivity index (χ0v) is 23.2. The van der Waals surface area contributed by atoms with Gasteiger partial charge in [0, 0.05) is 67.3 Å². The van der Waals surface area contributed by atoms with Crippen LogP contribution >= 0.6 is 11.3 Å². The fourth-order valence-electron chi connectivity index (χ4n) is 6.55. The number of piperazine rings is 1. The first-order valence-corrected chi connectivity index (χ1v) is 14.4. The molecule has 0 radical (unpaired) electrons. The fraction of sp³-hybridized carbons (Fsp3) is 0.429. The molecule has 0 aliphatic carbocycles. The van der Waals surface area contributed by atoms with Gasteiger partial charge in [0.15, 0.2) is 11.6 Å². The summed E-state index contributed by atoms with van der Waals surface area (Å²) in [6, 6.07) is 2.35. The first-order valence-electron chi connectivity index (χ1n) is 13.5. The molecule has 2 fully saturated rings. The Labute approximate surface area is 238 Å². The van der Waals surface area contributed by atoms with Crippen LogP contribution in [-0.2, 0) is 18.0 Å². The molecule has 212 valence electrons. The summed E-state index contributed by atoms with van der Waals surface area (Å²) in [5, 5.41) is 20.7. The smallest absolute Gasteiger partial charge is 0.226 e. The van der Waals surface area contributed by atoms with Crippen LogP contribution < -0.4 is 10.6 Å². The highest BCUT2D eigenvalue weighted by molar-refractivity contribution is 7.23. The number of rotatable bonds is 4. The van der Waals surface area contributed by atoms with E-state index in [2.05, 4.69) is 31.7 Å². The normalized spacial score (nSPS) is 21.7. The molecule has 3 aromatic heterocycles. The second kappa shape index (κ2) is 10.1. The van der Waals surface area contributed by atoms with Crippen molar-refractivity contribution in [3.05, 3.63) is 40.7 Å². The second-order valence-corrected chi connectivity index (χ2v) is 12.0. The summed E-state index contributed by atoms with van der Waals surface area (Å²) in [5.74, 6) is -0.807. The molecule has 3 aliphatic heterocycles. The van der Waals surface area contributed by atoms with Gasteiger partial charge in [0.05, 0.1) is 42.0 Å². The minimum atomic E-state index is -0.618. The standard InChI is InChI=1S/C28H28F2N8O2S/c1-36-4-5-38(15(9-36)11-39)14-2-3-37(10-14)28-34-7-17-18-12-40-13-19(18)21(23(30)24(17)35-28)25-22-16(6-31)27(32)41-26(22)20(29)8-33-25/h7-8,14-15,39H,2-5,9-13,32H2,1H3/t14-,15-/m1/s1. The minimum absolute atomic E-state index is 0.0725. The number of nitriles is 1. The molecule has 3 N–H and O–H groups in total. The molecule has 13 heteroatoms. The number of aliphatic hydroxyl groups excluding tert-OH is 1. The van der Waals surface area contributed by atoms with E-state index in [0.29, 0.717) is 30.0 Å². The zero-order valence-electron chi connectivity index (χ0n) is 22.4. The quantitative estimate of drug-likeness (QED) is 0.373. The van der Waals surface area contributed by atoms with Crippen LogP contribution in [0.2, 0.25) is 0 Å². The molecule has 41 heavy (non-hydrogen) atoms.